The smallest absolute Gasteiger partial charge is 0.352 e. The van der Waals surface area contributed by atoms with Crippen LogP contribution in [-0.2, 0) is 16.6 Å². The minimum absolute atomic E-state index is 0.0509. The molecule has 1 aromatic rings. The molecule has 7 heteroatoms. The number of nitrogens with zero attached hydrogens (tertiary/aromatic N) is 1. The summed E-state index contributed by atoms with van der Waals surface area (Å²) in [6.45, 7) is 4.22. The van der Waals surface area contributed by atoms with Crippen molar-refractivity contribution in [2.24, 2.45) is 0 Å². The highest BCUT2D eigenvalue weighted by molar-refractivity contribution is 7.89. The van der Waals surface area contributed by atoms with Crippen LogP contribution in [0.5, 0.6) is 0 Å². The zero-order chi connectivity index (χ0) is 16.0. The molecule has 0 bridgehead atoms. The Morgan fingerprint density at radius 2 is 2.14 bits per heavy atom. The number of carboxylic acid groups (broad SMARTS) is 1. The summed E-state index contributed by atoms with van der Waals surface area (Å²) in [5, 5.41) is 9.12. The maximum Gasteiger partial charge on any atom is 0.352 e. The number of hydrogen-bond acceptors (Lipinski definition) is 3. The van der Waals surface area contributed by atoms with E-state index in [1.165, 1.54) is 10.8 Å². The highest BCUT2D eigenvalue weighted by atomic mass is 32.2. The molecule has 0 aliphatic heterocycles. The number of aryl methyl sites for hydroxylation is 1. The van der Waals surface area contributed by atoms with Crippen molar-refractivity contribution in [2.45, 2.75) is 50.6 Å². The lowest BCUT2D eigenvalue weighted by atomic mass is 10.2. The highest BCUT2D eigenvalue weighted by Crippen LogP contribution is 2.16. The Morgan fingerprint density at radius 3 is 2.62 bits per heavy atom. The third-order valence-electron chi connectivity index (χ3n) is 2.94. The molecule has 1 unspecified atom stereocenters. The Kier molecular flexibility index (Phi) is 6.00. The Hall–Kier alpha value is -1.78. The standard InChI is InChI=1S/C14H20N2O4S/c1-4-7-11(6-3)15-21(19,20)12-9-13(14(17)18)16(10-12)8-5-2/h3,9-11,15H,4-5,7-8H2,1-2H3,(H,17,18). The Bertz CT molecular complexity index is 640. The second-order valence-electron chi connectivity index (χ2n) is 4.69. The van der Waals surface area contributed by atoms with Crippen LogP contribution in [0.1, 0.15) is 43.6 Å². The number of nitrogens with one attached hydrogen (secondary N) is 1. The summed E-state index contributed by atoms with van der Waals surface area (Å²) in [5.74, 6) is 1.22. The Balaban J connectivity index is 3.11. The molecule has 2 N–H and O–H groups in total. The number of terminal acetylenes is 1. The van der Waals surface area contributed by atoms with Crippen LogP contribution in [0.2, 0.25) is 0 Å². The van der Waals surface area contributed by atoms with Gasteiger partial charge < -0.3 is 9.67 Å². The van der Waals surface area contributed by atoms with Gasteiger partial charge in [0.05, 0.1) is 6.04 Å². The summed E-state index contributed by atoms with van der Waals surface area (Å²) in [6.07, 6.45) is 8.60. The van der Waals surface area contributed by atoms with Crippen molar-refractivity contribution in [1.82, 2.24) is 9.29 Å². The van der Waals surface area contributed by atoms with Gasteiger partial charge in [0, 0.05) is 12.7 Å². The van der Waals surface area contributed by atoms with Gasteiger partial charge in [0.1, 0.15) is 10.6 Å². The third kappa shape index (κ3) is 4.34. The fourth-order valence-corrected chi connectivity index (χ4v) is 3.19. The topological polar surface area (TPSA) is 88.4 Å². The lowest BCUT2D eigenvalue weighted by Gasteiger charge is -2.11. The first-order chi connectivity index (χ1) is 9.85. The van der Waals surface area contributed by atoms with Crippen molar-refractivity contribution in [1.29, 1.82) is 0 Å². The molecule has 0 spiro atoms. The number of aromatic carboxylic acids is 1. The summed E-state index contributed by atoms with van der Waals surface area (Å²) < 4.78 is 28.3. The summed E-state index contributed by atoms with van der Waals surface area (Å²) in [7, 11) is -3.82. The number of carboxylic acids is 1. The summed E-state index contributed by atoms with van der Waals surface area (Å²) in [4.78, 5) is 11.1. The number of aromatic nitrogens is 1. The van der Waals surface area contributed by atoms with Crippen LogP contribution in [0.3, 0.4) is 0 Å². The first-order valence-electron chi connectivity index (χ1n) is 6.77. The molecule has 21 heavy (non-hydrogen) atoms. The van der Waals surface area contributed by atoms with E-state index < -0.39 is 22.0 Å². The van der Waals surface area contributed by atoms with Gasteiger partial charge in [-0.3, -0.25) is 0 Å². The number of carbonyl (C=O) groups is 1. The van der Waals surface area contributed by atoms with Gasteiger partial charge in [0.15, 0.2) is 0 Å². The summed E-state index contributed by atoms with van der Waals surface area (Å²) in [5.41, 5.74) is -0.0509. The van der Waals surface area contributed by atoms with Crippen LogP contribution in [0, 0.1) is 12.3 Å². The maximum absolute atomic E-state index is 12.3. The largest absolute Gasteiger partial charge is 0.477 e. The molecule has 0 saturated heterocycles. The molecular weight excluding hydrogens is 292 g/mol. The Labute approximate surface area is 125 Å². The van der Waals surface area contributed by atoms with Gasteiger partial charge in [-0.1, -0.05) is 26.2 Å². The Morgan fingerprint density at radius 1 is 1.48 bits per heavy atom. The fraction of sp³-hybridized carbons (Fsp3) is 0.500. The van der Waals surface area contributed by atoms with Crippen LogP contribution in [0.25, 0.3) is 0 Å². The zero-order valence-corrected chi connectivity index (χ0v) is 13.0. The minimum atomic E-state index is -3.82. The summed E-state index contributed by atoms with van der Waals surface area (Å²) >= 11 is 0. The monoisotopic (exact) mass is 312 g/mol. The fourth-order valence-electron chi connectivity index (χ4n) is 1.96. The van der Waals surface area contributed by atoms with Crippen LogP contribution in [0.15, 0.2) is 17.2 Å². The average Bonchev–Trinajstić information content (AvgIpc) is 2.83. The molecule has 0 aliphatic carbocycles. The molecule has 116 valence electrons. The van der Waals surface area contributed by atoms with Gasteiger partial charge in [-0.2, -0.15) is 4.72 Å². The molecule has 0 aromatic carbocycles. The highest BCUT2D eigenvalue weighted by Gasteiger charge is 2.23. The predicted octanol–water partition coefficient (Wildman–Crippen LogP) is 1.68. The van der Waals surface area contributed by atoms with Crippen LogP contribution >= 0.6 is 0 Å². The lowest BCUT2D eigenvalue weighted by molar-refractivity contribution is 0.0685. The first kappa shape index (κ1) is 17.3. The second-order valence-corrected chi connectivity index (χ2v) is 6.40. The van der Waals surface area contributed by atoms with E-state index in [2.05, 4.69) is 10.6 Å². The first-order valence-corrected chi connectivity index (χ1v) is 8.26. The molecule has 1 atom stereocenters. The van der Waals surface area contributed by atoms with E-state index in [1.54, 1.807) is 0 Å². The van der Waals surface area contributed by atoms with Crippen LogP contribution < -0.4 is 4.72 Å². The van der Waals surface area contributed by atoms with E-state index in [-0.39, 0.29) is 10.6 Å². The van der Waals surface area contributed by atoms with Gasteiger partial charge in [0.25, 0.3) is 0 Å². The van der Waals surface area contributed by atoms with Crippen LogP contribution in [-0.4, -0.2) is 30.1 Å². The zero-order valence-electron chi connectivity index (χ0n) is 12.2. The predicted molar refractivity (Wildman–Crippen MR) is 79.5 cm³/mol. The van der Waals surface area contributed by atoms with Gasteiger partial charge in [-0.25, -0.2) is 13.2 Å². The summed E-state index contributed by atoms with van der Waals surface area (Å²) in [6, 6.07) is 0.558. The van der Waals surface area contributed by atoms with Gasteiger partial charge in [0.2, 0.25) is 10.0 Å². The molecule has 0 saturated carbocycles. The molecule has 6 nitrogen and oxygen atoms in total. The van der Waals surface area contributed by atoms with Crippen molar-refractivity contribution in [2.75, 3.05) is 0 Å². The van der Waals surface area contributed by atoms with E-state index >= 15 is 0 Å². The maximum atomic E-state index is 12.3. The molecule has 0 aliphatic rings. The second kappa shape index (κ2) is 7.29. The minimum Gasteiger partial charge on any atom is -0.477 e. The van der Waals surface area contributed by atoms with E-state index in [4.69, 9.17) is 11.5 Å². The van der Waals surface area contributed by atoms with Gasteiger partial charge >= 0.3 is 5.97 Å². The average molecular weight is 312 g/mol. The normalized spacial score (nSPS) is 12.8. The molecular formula is C14H20N2O4S. The molecule has 1 aromatic heterocycles. The van der Waals surface area contributed by atoms with Crippen molar-refractivity contribution in [3.63, 3.8) is 0 Å². The van der Waals surface area contributed by atoms with Gasteiger partial charge in [-0.05, 0) is 18.9 Å². The molecule has 1 heterocycles. The molecule has 0 amide bonds. The lowest BCUT2D eigenvalue weighted by Crippen LogP contribution is -2.33. The molecule has 0 radical (unpaired) electrons. The number of hydrogen-bond donors (Lipinski definition) is 2. The van der Waals surface area contributed by atoms with Gasteiger partial charge in [-0.15, -0.1) is 6.42 Å². The van der Waals surface area contributed by atoms with Crippen LogP contribution in [0.4, 0.5) is 0 Å². The van der Waals surface area contributed by atoms with Crippen molar-refractivity contribution in [3.8, 4) is 12.3 Å². The van der Waals surface area contributed by atoms with E-state index in [0.717, 1.165) is 12.5 Å². The molecule has 0 fully saturated rings. The third-order valence-corrected chi connectivity index (χ3v) is 4.38. The quantitative estimate of drug-likeness (QED) is 0.715. The van der Waals surface area contributed by atoms with E-state index in [0.29, 0.717) is 19.4 Å². The van der Waals surface area contributed by atoms with Crippen molar-refractivity contribution >= 4 is 16.0 Å². The van der Waals surface area contributed by atoms with Crippen molar-refractivity contribution < 1.29 is 18.3 Å². The number of sulfonamides is 1. The van der Waals surface area contributed by atoms with E-state index in [9.17, 15) is 13.2 Å². The van der Waals surface area contributed by atoms with Crippen molar-refractivity contribution in [3.05, 3.63) is 18.0 Å². The molecule has 1 rings (SSSR count). The number of rotatable bonds is 8. The SMILES string of the molecule is C#CC(CCC)NS(=O)(=O)c1cc(C(=O)O)n(CCC)c1. The van der Waals surface area contributed by atoms with E-state index in [1.807, 2.05) is 13.8 Å².